The van der Waals surface area contributed by atoms with Crippen molar-refractivity contribution in [3.05, 3.63) is 45.6 Å². The van der Waals surface area contributed by atoms with E-state index in [4.69, 9.17) is 0 Å². The van der Waals surface area contributed by atoms with Gasteiger partial charge in [0, 0.05) is 28.5 Å². The summed E-state index contributed by atoms with van der Waals surface area (Å²) in [5.41, 5.74) is 5.68. The van der Waals surface area contributed by atoms with Gasteiger partial charge in [-0.3, -0.25) is 0 Å². The third-order valence-electron chi connectivity index (χ3n) is 3.29. The fraction of sp³-hybridized carbons (Fsp3) is 0.286. The summed E-state index contributed by atoms with van der Waals surface area (Å²) in [6, 6.07) is 8.32. The first-order valence-electron chi connectivity index (χ1n) is 5.57. The molecular weight excluding hydrogens is 278 g/mol. The Morgan fingerprint density at radius 2 is 1.94 bits per heavy atom. The summed E-state index contributed by atoms with van der Waals surface area (Å²) < 4.78 is 3.20. The van der Waals surface area contributed by atoms with Gasteiger partial charge in [0.1, 0.15) is 0 Å². The van der Waals surface area contributed by atoms with E-state index in [9.17, 15) is 5.11 Å². The first-order valence-corrected chi connectivity index (χ1v) is 6.36. The number of hydrogen-bond donors (Lipinski definition) is 1. The number of aliphatic hydroxyl groups excluding tert-OH is 1. The molecule has 0 saturated heterocycles. The van der Waals surface area contributed by atoms with Gasteiger partial charge in [-0.15, -0.1) is 0 Å². The fourth-order valence-corrected chi connectivity index (χ4v) is 2.41. The second-order valence-electron chi connectivity index (χ2n) is 4.32. The van der Waals surface area contributed by atoms with Crippen LogP contribution in [0.5, 0.6) is 0 Å². The molecule has 0 amide bonds. The second kappa shape index (κ2) is 4.67. The smallest absolute Gasteiger partial charge is 0.0699 e. The Bertz CT molecular complexity index is 558. The number of aryl methyl sites for hydroxylation is 1. The zero-order valence-electron chi connectivity index (χ0n) is 10.3. The highest BCUT2D eigenvalue weighted by Gasteiger charge is 2.11. The molecule has 0 spiro atoms. The molecule has 2 aromatic rings. The van der Waals surface area contributed by atoms with E-state index in [0.717, 1.165) is 21.4 Å². The van der Waals surface area contributed by atoms with Gasteiger partial charge in [0.2, 0.25) is 0 Å². The van der Waals surface area contributed by atoms with Crippen molar-refractivity contribution in [1.82, 2.24) is 4.57 Å². The maximum absolute atomic E-state index is 9.30. The molecule has 0 radical (unpaired) electrons. The molecule has 0 bridgehead atoms. The quantitative estimate of drug-likeness (QED) is 0.900. The molecule has 3 heteroatoms. The number of aromatic nitrogens is 1. The average molecular weight is 294 g/mol. The van der Waals surface area contributed by atoms with Crippen molar-refractivity contribution in [2.45, 2.75) is 20.5 Å². The summed E-state index contributed by atoms with van der Waals surface area (Å²) in [6.45, 7) is 4.22. The molecule has 1 aromatic heterocycles. The molecule has 0 aliphatic heterocycles. The van der Waals surface area contributed by atoms with Crippen molar-refractivity contribution in [1.29, 1.82) is 0 Å². The Labute approximate surface area is 110 Å². The molecule has 90 valence electrons. The number of aliphatic hydroxyl groups is 1. The summed E-state index contributed by atoms with van der Waals surface area (Å²) in [7, 11) is 2.03. The number of hydrogen-bond acceptors (Lipinski definition) is 1. The van der Waals surface area contributed by atoms with Crippen molar-refractivity contribution in [3.8, 4) is 11.3 Å². The van der Waals surface area contributed by atoms with Crippen molar-refractivity contribution >= 4 is 15.9 Å². The molecule has 0 unspecified atom stereocenters. The van der Waals surface area contributed by atoms with E-state index in [1.54, 1.807) is 0 Å². The predicted octanol–water partition coefficient (Wildman–Crippen LogP) is 3.56. The zero-order chi connectivity index (χ0) is 12.6. The summed E-state index contributed by atoms with van der Waals surface area (Å²) in [5, 5.41) is 9.30. The molecule has 0 saturated carbocycles. The van der Waals surface area contributed by atoms with E-state index >= 15 is 0 Å². The van der Waals surface area contributed by atoms with Crippen LogP contribution in [0.3, 0.4) is 0 Å². The van der Waals surface area contributed by atoms with Crippen LogP contribution in [0, 0.1) is 13.8 Å². The van der Waals surface area contributed by atoms with E-state index in [1.165, 1.54) is 11.1 Å². The lowest BCUT2D eigenvalue weighted by molar-refractivity contribution is 0.281. The summed E-state index contributed by atoms with van der Waals surface area (Å²) in [6.07, 6.45) is 0. The largest absolute Gasteiger partial charge is 0.392 e. The molecule has 1 aromatic carbocycles. The first-order chi connectivity index (χ1) is 8.04. The summed E-state index contributed by atoms with van der Waals surface area (Å²) >= 11 is 3.50. The van der Waals surface area contributed by atoms with Gasteiger partial charge in [-0.1, -0.05) is 22.0 Å². The van der Waals surface area contributed by atoms with E-state index in [0.29, 0.717) is 0 Å². The van der Waals surface area contributed by atoms with Gasteiger partial charge >= 0.3 is 0 Å². The van der Waals surface area contributed by atoms with Crippen LogP contribution < -0.4 is 0 Å². The van der Waals surface area contributed by atoms with Crippen LogP contribution >= 0.6 is 15.9 Å². The number of benzene rings is 1. The van der Waals surface area contributed by atoms with Gasteiger partial charge in [-0.05, 0) is 43.2 Å². The Hall–Kier alpha value is -1.06. The molecule has 0 aliphatic rings. The minimum absolute atomic E-state index is 0.0900. The molecule has 17 heavy (non-hydrogen) atoms. The Morgan fingerprint density at radius 1 is 1.24 bits per heavy atom. The van der Waals surface area contributed by atoms with Crippen LogP contribution in [0.25, 0.3) is 11.3 Å². The van der Waals surface area contributed by atoms with Gasteiger partial charge < -0.3 is 9.67 Å². The van der Waals surface area contributed by atoms with Crippen LogP contribution in [0.1, 0.15) is 16.8 Å². The third kappa shape index (κ3) is 2.17. The van der Waals surface area contributed by atoms with Gasteiger partial charge in [0.05, 0.1) is 6.61 Å². The first kappa shape index (κ1) is 12.4. The van der Waals surface area contributed by atoms with Gasteiger partial charge in [0.25, 0.3) is 0 Å². The number of rotatable bonds is 2. The molecule has 0 fully saturated rings. The average Bonchev–Trinajstić information content (AvgIpc) is 2.59. The maximum atomic E-state index is 9.30. The summed E-state index contributed by atoms with van der Waals surface area (Å²) in [5.74, 6) is 0. The lowest BCUT2D eigenvalue weighted by Gasteiger charge is -2.09. The van der Waals surface area contributed by atoms with E-state index < -0.39 is 0 Å². The van der Waals surface area contributed by atoms with Crippen molar-refractivity contribution in [3.63, 3.8) is 0 Å². The molecular formula is C14H16BrNO. The van der Waals surface area contributed by atoms with Gasteiger partial charge in [-0.2, -0.15) is 0 Å². The topological polar surface area (TPSA) is 25.2 Å². The van der Waals surface area contributed by atoms with E-state index in [2.05, 4.69) is 45.6 Å². The molecule has 2 rings (SSSR count). The van der Waals surface area contributed by atoms with Crippen LogP contribution in [-0.2, 0) is 13.7 Å². The molecule has 0 aliphatic carbocycles. The molecule has 1 N–H and O–H groups in total. The van der Waals surface area contributed by atoms with Crippen molar-refractivity contribution in [2.75, 3.05) is 0 Å². The lowest BCUT2D eigenvalue weighted by atomic mass is 10.1. The van der Waals surface area contributed by atoms with Crippen LogP contribution in [0.15, 0.2) is 28.7 Å². The van der Waals surface area contributed by atoms with Crippen LogP contribution in [0.4, 0.5) is 0 Å². The van der Waals surface area contributed by atoms with Crippen molar-refractivity contribution < 1.29 is 5.11 Å². The minimum atomic E-state index is 0.0900. The Balaban J connectivity index is 2.64. The van der Waals surface area contributed by atoms with Gasteiger partial charge in [0.15, 0.2) is 0 Å². The Morgan fingerprint density at radius 3 is 2.53 bits per heavy atom. The standard InChI is InChI=1S/C14H16BrNO/c1-9-4-5-12(15)7-13(9)14-6-11(8-17)10(2)16(14)3/h4-7,17H,8H2,1-3H3. The lowest BCUT2D eigenvalue weighted by Crippen LogP contribution is -1.96. The van der Waals surface area contributed by atoms with Crippen molar-refractivity contribution in [2.24, 2.45) is 7.05 Å². The predicted molar refractivity (Wildman–Crippen MR) is 73.9 cm³/mol. The van der Waals surface area contributed by atoms with Crippen LogP contribution in [-0.4, -0.2) is 9.67 Å². The molecule has 2 nitrogen and oxygen atoms in total. The third-order valence-corrected chi connectivity index (χ3v) is 3.78. The molecule has 0 atom stereocenters. The van der Waals surface area contributed by atoms with Crippen LogP contribution in [0.2, 0.25) is 0 Å². The maximum Gasteiger partial charge on any atom is 0.0699 e. The minimum Gasteiger partial charge on any atom is -0.392 e. The number of nitrogens with zero attached hydrogens (tertiary/aromatic N) is 1. The highest BCUT2D eigenvalue weighted by molar-refractivity contribution is 9.10. The molecule has 1 heterocycles. The SMILES string of the molecule is Cc1ccc(Br)cc1-c1cc(CO)c(C)n1C. The highest BCUT2D eigenvalue weighted by atomic mass is 79.9. The zero-order valence-corrected chi connectivity index (χ0v) is 11.9. The Kier molecular flexibility index (Phi) is 3.40. The van der Waals surface area contributed by atoms with Gasteiger partial charge in [-0.25, -0.2) is 0 Å². The normalized spacial score (nSPS) is 10.9. The highest BCUT2D eigenvalue weighted by Crippen LogP contribution is 2.29. The fourth-order valence-electron chi connectivity index (χ4n) is 2.05. The number of halogens is 1. The van der Waals surface area contributed by atoms with E-state index in [1.807, 2.05) is 20.0 Å². The second-order valence-corrected chi connectivity index (χ2v) is 5.23. The summed E-state index contributed by atoms with van der Waals surface area (Å²) in [4.78, 5) is 0. The monoisotopic (exact) mass is 293 g/mol. The van der Waals surface area contributed by atoms with E-state index in [-0.39, 0.29) is 6.61 Å².